The van der Waals surface area contributed by atoms with Gasteiger partial charge in [0.15, 0.2) is 0 Å². The van der Waals surface area contributed by atoms with Crippen LogP contribution in [0.2, 0.25) is 0 Å². The molecule has 0 saturated heterocycles. The molecule has 4 heteroatoms. The zero-order valence-corrected chi connectivity index (χ0v) is 14.5. The summed E-state index contributed by atoms with van der Waals surface area (Å²) in [4.78, 5) is 24.5. The second-order valence-electron chi connectivity index (χ2n) is 6.03. The van der Waals surface area contributed by atoms with Gasteiger partial charge in [-0.05, 0) is 19.3 Å². The third kappa shape index (κ3) is 6.85. The molecule has 0 aromatic carbocycles. The van der Waals surface area contributed by atoms with Crippen molar-refractivity contribution in [3.63, 3.8) is 0 Å². The SMILES string of the molecule is CCCCOC(=O)C(=CC1(C)C=CC=CC1)C(=O)OCCCC. The molecule has 0 bridgehead atoms. The average Bonchev–Trinajstić information content (AvgIpc) is 2.53. The Hall–Kier alpha value is -1.84. The Balaban J connectivity index is 2.86. The molecule has 1 rings (SSSR count). The average molecular weight is 320 g/mol. The Morgan fingerprint density at radius 1 is 1.04 bits per heavy atom. The normalized spacial score (nSPS) is 19.3. The van der Waals surface area contributed by atoms with Gasteiger partial charge < -0.3 is 9.47 Å². The van der Waals surface area contributed by atoms with Crippen LogP contribution in [0.15, 0.2) is 36.0 Å². The van der Waals surface area contributed by atoms with Gasteiger partial charge in [-0.25, -0.2) is 9.59 Å². The predicted octanol–water partition coefficient (Wildman–Crippen LogP) is 4.12. The number of carbonyl (C=O) groups excluding carboxylic acids is 2. The van der Waals surface area contributed by atoms with E-state index in [0.717, 1.165) is 32.1 Å². The van der Waals surface area contributed by atoms with Crippen LogP contribution in [0.1, 0.15) is 52.9 Å². The van der Waals surface area contributed by atoms with Crippen molar-refractivity contribution in [2.24, 2.45) is 5.41 Å². The van der Waals surface area contributed by atoms with Crippen molar-refractivity contribution in [1.82, 2.24) is 0 Å². The molecule has 0 spiro atoms. The molecular formula is C19H28O4. The Bertz CT molecular complexity index is 464. The first kappa shape index (κ1) is 19.2. The molecule has 0 saturated carbocycles. The third-order valence-corrected chi connectivity index (χ3v) is 3.66. The van der Waals surface area contributed by atoms with Crippen LogP contribution in [-0.4, -0.2) is 25.2 Å². The molecule has 0 aromatic rings. The van der Waals surface area contributed by atoms with Crippen LogP contribution in [0.4, 0.5) is 0 Å². The summed E-state index contributed by atoms with van der Waals surface area (Å²) in [6, 6.07) is 0. The molecule has 1 unspecified atom stereocenters. The highest BCUT2D eigenvalue weighted by Crippen LogP contribution is 2.30. The van der Waals surface area contributed by atoms with Crippen molar-refractivity contribution < 1.29 is 19.1 Å². The van der Waals surface area contributed by atoms with Gasteiger partial charge in [-0.1, -0.05) is 64.0 Å². The van der Waals surface area contributed by atoms with Gasteiger partial charge >= 0.3 is 11.9 Å². The molecule has 128 valence electrons. The van der Waals surface area contributed by atoms with Crippen LogP contribution in [-0.2, 0) is 19.1 Å². The molecular weight excluding hydrogens is 292 g/mol. The number of hydrogen-bond acceptors (Lipinski definition) is 4. The van der Waals surface area contributed by atoms with E-state index in [1.807, 2.05) is 45.1 Å². The summed E-state index contributed by atoms with van der Waals surface area (Å²) < 4.78 is 10.4. The first-order valence-electron chi connectivity index (χ1n) is 8.44. The summed E-state index contributed by atoms with van der Waals surface area (Å²) >= 11 is 0. The molecule has 1 aliphatic carbocycles. The van der Waals surface area contributed by atoms with E-state index in [0.29, 0.717) is 13.2 Å². The summed E-state index contributed by atoms with van der Waals surface area (Å²) in [5.74, 6) is -1.19. The van der Waals surface area contributed by atoms with E-state index < -0.39 is 11.9 Å². The van der Waals surface area contributed by atoms with Gasteiger partial charge in [0.05, 0.1) is 13.2 Å². The van der Waals surface area contributed by atoms with Crippen LogP contribution < -0.4 is 0 Å². The highest BCUT2D eigenvalue weighted by molar-refractivity contribution is 6.14. The Morgan fingerprint density at radius 3 is 2.04 bits per heavy atom. The lowest BCUT2D eigenvalue weighted by atomic mass is 9.82. The molecule has 23 heavy (non-hydrogen) atoms. The molecule has 0 radical (unpaired) electrons. The van der Waals surface area contributed by atoms with Crippen LogP contribution in [0.25, 0.3) is 0 Å². The lowest BCUT2D eigenvalue weighted by Crippen LogP contribution is -2.23. The molecule has 0 fully saturated rings. The van der Waals surface area contributed by atoms with E-state index in [2.05, 4.69) is 0 Å². The minimum Gasteiger partial charge on any atom is -0.462 e. The summed E-state index contributed by atoms with van der Waals surface area (Å²) in [6.07, 6.45) is 13.7. The quantitative estimate of drug-likeness (QED) is 0.211. The fourth-order valence-electron chi connectivity index (χ4n) is 2.16. The molecule has 1 atom stereocenters. The number of rotatable bonds is 9. The summed E-state index contributed by atoms with van der Waals surface area (Å²) in [5.41, 5.74) is -0.378. The second kappa shape index (κ2) is 10.0. The summed E-state index contributed by atoms with van der Waals surface area (Å²) in [6.45, 7) is 6.65. The van der Waals surface area contributed by atoms with Crippen LogP contribution in [0.3, 0.4) is 0 Å². The largest absolute Gasteiger partial charge is 0.462 e. The highest BCUT2D eigenvalue weighted by atomic mass is 16.6. The number of hydrogen-bond donors (Lipinski definition) is 0. The number of carbonyl (C=O) groups is 2. The maximum Gasteiger partial charge on any atom is 0.345 e. The summed E-state index contributed by atoms with van der Waals surface area (Å²) in [7, 11) is 0. The van der Waals surface area contributed by atoms with Crippen molar-refractivity contribution in [2.75, 3.05) is 13.2 Å². The Kier molecular flexibility index (Phi) is 8.38. The van der Waals surface area contributed by atoms with Crippen LogP contribution >= 0.6 is 0 Å². The van der Waals surface area contributed by atoms with Crippen LogP contribution in [0.5, 0.6) is 0 Å². The van der Waals surface area contributed by atoms with E-state index in [-0.39, 0.29) is 11.0 Å². The smallest absolute Gasteiger partial charge is 0.345 e. The minimum atomic E-state index is -0.593. The lowest BCUT2D eigenvalue weighted by molar-refractivity contribution is -0.147. The minimum absolute atomic E-state index is 0.000318. The van der Waals surface area contributed by atoms with Gasteiger partial charge in [0.25, 0.3) is 0 Å². The molecule has 0 N–H and O–H groups in total. The van der Waals surface area contributed by atoms with Gasteiger partial charge in [0.1, 0.15) is 5.57 Å². The molecule has 0 aliphatic heterocycles. The number of allylic oxidation sites excluding steroid dienone is 5. The zero-order valence-electron chi connectivity index (χ0n) is 14.5. The standard InChI is InChI=1S/C19H28O4/c1-4-6-13-22-17(20)16(18(21)23-14-7-5-2)15-19(3)11-9-8-10-12-19/h8-11,15H,4-7,12-14H2,1-3H3. The van der Waals surface area contributed by atoms with Crippen molar-refractivity contribution >= 4 is 11.9 Å². The second-order valence-corrected chi connectivity index (χ2v) is 6.03. The Labute approximate surface area is 139 Å². The Morgan fingerprint density at radius 2 is 1.61 bits per heavy atom. The van der Waals surface area contributed by atoms with E-state index in [1.165, 1.54) is 0 Å². The number of ether oxygens (including phenoxy) is 2. The molecule has 4 nitrogen and oxygen atoms in total. The fraction of sp³-hybridized carbons (Fsp3) is 0.579. The number of unbranched alkanes of at least 4 members (excludes halogenated alkanes) is 2. The predicted molar refractivity (Wildman–Crippen MR) is 90.8 cm³/mol. The first-order chi connectivity index (χ1) is 11.0. The van der Waals surface area contributed by atoms with Gasteiger partial charge in [0, 0.05) is 5.41 Å². The lowest BCUT2D eigenvalue weighted by Gasteiger charge is -2.23. The molecule has 0 heterocycles. The fourth-order valence-corrected chi connectivity index (χ4v) is 2.16. The van der Waals surface area contributed by atoms with E-state index in [1.54, 1.807) is 6.08 Å². The molecule has 0 amide bonds. The van der Waals surface area contributed by atoms with Crippen molar-refractivity contribution in [3.8, 4) is 0 Å². The zero-order chi connectivity index (χ0) is 17.1. The van der Waals surface area contributed by atoms with Gasteiger partial charge in [-0.15, -0.1) is 0 Å². The molecule has 0 aromatic heterocycles. The third-order valence-electron chi connectivity index (χ3n) is 3.66. The van der Waals surface area contributed by atoms with E-state index in [4.69, 9.17) is 9.47 Å². The summed E-state index contributed by atoms with van der Waals surface area (Å²) in [5, 5.41) is 0. The van der Waals surface area contributed by atoms with Crippen molar-refractivity contribution in [2.45, 2.75) is 52.9 Å². The highest BCUT2D eigenvalue weighted by Gasteiger charge is 2.27. The van der Waals surface area contributed by atoms with Gasteiger partial charge in [-0.3, -0.25) is 0 Å². The maximum absolute atomic E-state index is 12.3. The van der Waals surface area contributed by atoms with E-state index in [9.17, 15) is 9.59 Å². The maximum atomic E-state index is 12.3. The van der Waals surface area contributed by atoms with Gasteiger partial charge in [0.2, 0.25) is 0 Å². The monoisotopic (exact) mass is 320 g/mol. The van der Waals surface area contributed by atoms with E-state index >= 15 is 0 Å². The van der Waals surface area contributed by atoms with Crippen molar-refractivity contribution in [3.05, 3.63) is 36.0 Å². The van der Waals surface area contributed by atoms with Gasteiger partial charge in [-0.2, -0.15) is 0 Å². The number of esters is 2. The van der Waals surface area contributed by atoms with Crippen LogP contribution in [0, 0.1) is 5.41 Å². The topological polar surface area (TPSA) is 52.6 Å². The molecule has 1 aliphatic rings. The first-order valence-corrected chi connectivity index (χ1v) is 8.44. The van der Waals surface area contributed by atoms with Crippen molar-refractivity contribution in [1.29, 1.82) is 0 Å².